The molecule has 2 heterocycles. The molecule has 1 aliphatic heterocycles. The molecule has 5 heteroatoms. The minimum Gasteiger partial charge on any atom is -0.445 e. The van der Waals surface area contributed by atoms with Crippen molar-refractivity contribution in [3.8, 4) is 0 Å². The Labute approximate surface area is 171 Å². The highest BCUT2D eigenvalue weighted by Crippen LogP contribution is 2.35. The lowest BCUT2D eigenvalue weighted by molar-refractivity contribution is 0.0920. The van der Waals surface area contributed by atoms with E-state index in [2.05, 4.69) is 17.1 Å². The Morgan fingerprint density at radius 1 is 1.04 bits per heavy atom. The monoisotopic (exact) mass is 396 g/mol. The van der Waals surface area contributed by atoms with Crippen LogP contribution < -0.4 is 0 Å². The molecule has 1 saturated heterocycles. The second kappa shape index (κ2) is 9.46. The fourth-order valence-electron chi connectivity index (χ4n) is 4.15. The number of hydrogen-bond acceptors (Lipinski definition) is 4. The highest BCUT2D eigenvalue weighted by molar-refractivity contribution is 7.99. The summed E-state index contributed by atoms with van der Waals surface area (Å²) in [6, 6.07) is 14.2. The van der Waals surface area contributed by atoms with E-state index in [9.17, 15) is 4.79 Å². The summed E-state index contributed by atoms with van der Waals surface area (Å²) in [4.78, 5) is 19.2. The standard InChI is InChI=1S/C23H28N2O2S/c26-23(27-17-18-8-3-1-4-9-18)25-15-7-12-21(25)19-13-14-22(24-16-19)28-20-10-5-2-6-11-20/h1,3-4,8-9,13-14,16,20-21H,2,5-7,10-12,15,17H2/t21-/m1/s1. The van der Waals surface area contributed by atoms with Crippen LogP contribution in [-0.4, -0.2) is 27.8 Å². The van der Waals surface area contributed by atoms with Gasteiger partial charge in [0.15, 0.2) is 0 Å². The van der Waals surface area contributed by atoms with Crippen LogP contribution in [0.2, 0.25) is 0 Å². The summed E-state index contributed by atoms with van der Waals surface area (Å²) in [5.41, 5.74) is 2.12. The van der Waals surface area contributed by atoms with E-state index in [1.165, 1.54) is 32.1 Å². The number of amides is 1. The maximum absolute atomic E-state index is 12.6. The topological polar surface area (TPSA) is 42.4 Å². The first kappa shape index (κ1) is 19.3. The first-order valence-electron chi connectivity index (χ1n) is 10.4. The predicted molar refractivity (Wildman–Crippen MR) is 112 cm³/mol. The van der Waals surface area contributed by atoms with Gasteiger partial charge in [-0.1, -0.05) is 55.7 Å². The van der Waals surface area contributed by atoms with Gasteiger partial charge in [-0.05, 0) is 42.9 Å². The summed E-state index contributed by atoms with van der Waals surface area (Å²) in [6.45, 7) is 1.06. The summed E-state index contributed by atoms with van der Waals surface area (Å²) in [5, 5.41) is 1.81. The molecule has 1 aromatic carbocycles. The number of benzene rings is 1. The Balaban J connectivity index is 1.35. The number of likely N-dealkylation sites (tertiary alicyclic amines) is 1. The van der Waals surface area contributed by atoms with E-state index in [0.717, 1.165) is 35.5 Å². The van der Waals surface area contributed by atoms with Gasteiger partial charge in [0.05, 0.1) is 11.1 Å². The maximum Gasteiger partial charge on any atom is 0.410 e. The average Bonchev–Trinajstić information content (AvgIpc) is 3.24. The van der Waals surface area contributed by atoms with E-state index < -0.39 is 0 Å². The molecule has 0 spiro atoms. The molecule has 1 saturated carbocycles. The van der Waals surface area contributed by atoms with Crippen LogP contribution in [0.3, 0.4) is 0 Å². The summed E-state index contributed by atoms with van der Waals surface area (Å²) in [6.07, 6.45) is 10.4. The van der Waals surface area contributed by atoms with Crippen molar-refractivity contribution in [1.29, 1.82) is 0 Å². The molecule has 4 nitrogen and oxygen atoms in total. The summed E-state index contributed by atoms with van der Waals surface area (Å²) in [7, 11) is 0. The molecule has 0 unspecified atom stereocenters. The van der Waals surface area contributed by atoms with Crippen LogP contribution in [0, 0.1) is 0 Å². The number of pyridine rings is 1. The van der Waals surface area contributed by atoms with Crippen molar-refractivity contribution >= 4 is 17.9 Å². The van der Waals surface area contributed by atoms with Crippen LogP contribution in [0.1, 0.15) is 62.1 Å². The highest BCUT2D eigenvalue weighted by Gasteiger charge is 2.31. The fraction of sp³-hybridized carbons (Fsp3) is 0.478. The quantitative estimate of drug-likeness (QED) is 0.623. The van der Waals surface area contributed by atoms with E-state index >= 15 is 0 Å². The molecule has 2 aromatic rings. The fourth-order valence-corrected chi connectivity index (χ4v) is 5.32. The van der Waals surface area contributed by atoms with Crippen molar-refractivity contribution < 1.29 is 9.53 Å². The van der Waals surface area contributed by atoms with Gasteiger partial charge in [-0.3, -0.25) is 0 Å². The lowest BCUT2D eigenvalue weighted by atomic mass is 10.0. The molecule has 1 amide bonds. The van der Waals surface area contributed by atoms with Gasteiger partial charge in [0, 0.05) is 18.0 Å². The van der Waals surface area contributed by atoms with Crippen LogP contribution in [-0.2, 0) is 11.3 Å². The van der Waals surface area contributed by atoms with E-state index in [4.69, 9.17) is 4.74 Å². The van der Waals surface area contributed by atoms with Crippen molar-refractivity contribution in [2.75, 3.05) is 6.54 Å². The third-order valence-electron chi connectivity index (χ3n) is 5.68. The Bertz CT molecular complexity index is 760. The average molecular weight is 397 g/mol. The first-order chi connectivity index (χ1) is 13.8. The summed E-state index contributed by atoms with van der Waals surface area (Å²) >= 11 is 1.91. The molecule has 1 atom stereocenters. The number of carbonyl (C=O) groups excluding carboxylic acids is 1. The number of carbonyl (C=O) groups is 1. The van der Waals surface area contributed by atoms with E-state index in [0.29, 0.717) is 11.9 Å². The van der Waals surface area contributed by atoms with Crippen LogP contribution in [0.25, 0.3) is 0 Å². The number of thioether (sulfide) groups is 1. The number of ether oxygens (including phenoxy) is 1. The zero-order valence-corrected chi connectivity index (χ0v) is 17.1. The number of rotatable bonds is 5. The van der Waals surface area contributed by atoms with E-state index in [1.807, 2.05) is 53.2 Å². The van der Waals surface area contributed by atoms with Crippen LogP contribution in [0.5, 0.6) is 0 Å². The number of aromatic nitrogens is 1. The van der Waals surface area contributed by atoms with E-state index in [-0.39, 0.29) is 12.1 Å². The number of nitrogens with zero attached hydrogens (tertiary/aromatic N) is 2. The summed E-state index contributed by atoms with van der Waals surface area (Å²) in [5.74, 6) is 0. The molecule has 0 N–H and O–H groups in total. The SMILES string of the molecule is O=C(OCc1ccccc1)N1CCC[C@@H]1c1ccc(SC2CCCCC2)nc1. The summed E-state index contributed by atoms with van der Waals surface area (Å²) < 4.78 is 5.55. The predicted octanol–water partition coefficient (Wildman–Crippen LogP) is 5.98. The van der Waals surface area contributed by atoms with Gasteiger partial charge in [-0.15, -0.1) is 11.8 Å². The third kappa shape index (κ3) is 4.88. The van der Waals surface area contributed by atoms with Crippen LogP contribution in [0.15, 0.2) is 53.7 Å². The molecule has 28 heavy (non-hydrogen) atoms. The van der Waals surface area contributed by atoms with Crippen LogP contribution >= 0.6 is 11.8 Å². The molecule has 1 aliphatic carbocycles. The Kier molecular flexibility index (Phi) is 6.53. The van der Waals surface area contributed by atoms with Gasteiger partial charge in [-0.25, -0.2) is 9.78 Å². The molecule has 2 fully saturated rings. The lowest BCUT2D eigenvalue weighted by Crippen LogP contribution is -2.31. The van der Waals surface area contributed by atoms with Gasteiger partial charge in [-0.2, -0.15) is 0 Å². The van der Waals surface area contributed by atoms with Crippen LogP contribution in [0.4, 0.5) is 4.79 Å². The maximum atomic E-state index is 12.6. The van der Waals surface area contributed by atoms with Gasteiger partial charge < -0.3 is 9.64 Å². The second-order valence-electron chi connectivity index (χ2n) is 7.70. The zero-order chi connectivity index (χ0) is 19.2. The van der Waals surface area contributed by atoms with Crippen molar-refractivity contribution in [1.82, 2.24) is 9.88 Å². The Morgan fingerprint density at radius 2 is 1.86 bits per heavy atom. The van der Waals surface area contributed by atoms with Crippen molar-refractivity contribution in [2.45, 2.75) is 67.9 Å². The van der Waals surface area contributed by atoms with E-state index in [1.54, 1.807) is 0 Å². The van der Waals surface area contributed by atoms with Gasteiger partial charge >= 0.3 is 6.09 Å². The highest BCUT2D eigenvalue weighted by atomic mass is 32.2. The molecule has 1 aromatic heterocycles. The molecular formula is C23H28N2O2S. The minimum absolute atomic E-state index is 0.0736. The van der Waals surface area contributed by atoms with Crippen molar-refractivity contribution in [2.24, 2.45) is 0 Å². The van der Waals surface area contributed by atoms with Crippen molar-refractivity contribution in [3.63, 3.8) is 0 Å². The smallest absolute Gasteiger partial charge is 0.410 e. The molecule has 2 aliphatic rings. The molecule has 0 bridgehead atoms. The molecule has 0 radical (unpaired) electrons. The molecule has 4 rings (SSSR count). The molecule has 148 valence electrons. The van der Waals surface area contributed by atoms with Gasteiger partial charge in [0.2, 0.25) is 0 Å². The Hall–Kier alpha value is -2.01. The largest absolute Gasteiger partial charge is 0.445 e. The minimum atomic E-state index is -0.230. The second-order valence-corrected chi connectivity index (χ2v) is 9.02. The molecular weight excluding hydrogens is 368 g/mol. The van der Waals surface area contributed by atoms with Crippen molar-refractivity contribution in [3.05, 3.63) is 59.8 Å². The van der Waals surface area contributed by atoms with Gasteiger partial charge in [0.1, 0.15) is 6.61 Å². The Morgan fingerprint density at radius 3 is 2.61 bits per heavy atom. The zero-order valence-electron chi connectivity index (χ0n) is 16.3. The number of hydrogen-bond donors (Lipinski definition) is 0. The first-order valence-corrected chi connectivity index (χ1v) is 11.3. The normalized spacial score (nSPS) is 20.3. The van der Waals surface area contributed by atoms with Gasteiger partial charge in [0.25, 0.3) is 0 Å². The lowest BCUT2D eigenvalue weighted by Gasteiger charge is -2.24. The third-order valence-corrected chi connectivity index (χ3v) is 6.96.